The molecule has 0 saturated carbocycles. The summed E-state index contributed by atoms with van der Waals surface area (Å²) in [7, 11) is 3.40. The molecule has 3 amide bonds. The molecule has 0 aromatic heterocycles. The van der Waals surface area contributed by atoms with E-state index in [0.29, 0.717) is 22.9 Å². The minimum atomic E-state index is -0.512. The highest BCUT2D eigenvalue weighted by Crippen LogP contribution is 2.26. The lowest BCUT2D eigenvalue weighted by Crippen LogP contribution is -2.44. The highest BCUT2D eigenvalue weighted by atomic mass is 32.2. The lowest BCUT2D eigenvalue weighted by Gasteiger charge is -2.23. The zero-order valence-corrected chi connectivity index (χ0v) is 17.3. The van der Waals surface area contributed by atoms with Crippen molar-refractivity contribution in [1.29, 1.82) is 0 Å². The number of anilines is 1. The third kappa shape index (κ3) is 4.88. The fraction of sp³-hybridized carbons (Fsp3) is 0.250. The van der Waals surface area contributed by atoms with E-state index in [1.807, 2.05) is 18.2 Å². The second-order valence-electron chi connectivity index (χ2n) is 6.43. The van der Waals surface area contributed by atoms with E-state index in [-0.39, 0.29) is 17.1 Å². The Hall–Kier alpha value is -2.45. The van der Waals surface area contributed by atoms with E-state index in [4.69, 9.17) is 0 Å². The maximum atomic E-state index is 12.7. The molecule has 28 heavy (non-hydrogen) atoms. The van der Waals surface area contributed by atoms with Crippen molar-refractivity contribution in [2.75, 3.05) is 31.0 Å². The predicted octanol–water partition coefficient (Wildman–Crippen LogP) is 3.61. The molecule has 1 N–H and O–H groups in total. The van der Waals surface area contributed by atoms with Crippen molar-refractivity contribution in [1.82, 2.24) is 9.80 Å². The zero-order chi connectivity index (χ0) is 20.1. The fourth-order valence-corrected chi connectivity index (χ4v) is 4.44. The van der Waals surface area contributed by atoms with Crippen LogP contribution in [-0.2, 0) is 4.79 Å². The van der Waals surface area contributed by atoms with Gasteiger partial charge in [0.15, 0.2) is 0 Å². The summed E-state index contributed by atoms with van der Waals surface area (Å²) < 4.78 is 0. The fourth-order valence-electron chi connectivity index (χ4n) is 2.63. The number of hydrogen-bond acceptors (Lipinski definition) is 5. The van der Waals surface area contributed by atoms with E-state index in [9.17, 15) is 14.4 Å². The van der Waals surface area contributed by atoms with Gasteiger partial charge in [0.2, 0.25) is 5.91 Å². The van der Waals surface area contributed by atoms with Gasteiger partial charge in [0, 0.05) is 36.0 Å². The highest BCUT2D eigenvalue weighted by molar-refractivity contribution is 8.13. The van der Waals surface area contributed by atoms with Crippen molar-refractivity contribution in [3.8, 4) is 0 Å². The zero-order valence-electron chi connectivity index (χ0n) is 15.6. The molecule has 1 atom stereocenters. The van der Waals surface area contributed by atoms with Crippen LogP contribution in [0.4, 0.5) is 10.5 Å². The highest BCUT2D eigenvalue weighted by Gasteiger charge is 2.35. The van der Waals surface area contributed by atoms with Crippen LogP contribution in [0, 0.1) is 0 Å². The molecule has 2 aromatic rings. The Labute approximate surface area is 172 Å². The van der Waals surface area contributed by atoms with E-state index in [1.165, 1.54) is 4.90 Å². The molecule has 6 nitrogen and oxygen atoms in total. The van der Waals surface area contributed by atoms with Crippen LogP contribution in [-0.4, -0.2) is 58.6 Å². The van der Waals surface area contributed by atoms with E-state index in [2.05, 4.69) is 5.32 Å². The van der Waals surface area contributed by atoms with E-state index < -0.39 is 6.04 Å². The smallest absolute Gasteiger partial charge is 0.285 e. The van der Waals surface area contributed by atoms with E-state index in [1.54, 1.807) is 67.2 Å². The number of rotatable bonds is 4. The molecular weight excluding hydrogens is 394 g/mol. The van der Waals surface area contributed by atoms with Gasteiger partial charge in [-0.15, -0.1) is 11.8 Å². The minimum absolute atomic E-state index is 0.0603. The molecule has 0 aliphatic carbocycles. The van der Waals surface area contributed by atoms with Gasteiger partial charge < -0.3 is 15.1 Å². The van der Waals surface area contributed by atoms with Crippen molar-refractivity contribution in [3.05, 3.63) is 60.2 Å². The number of nitrogens with zero attached hydrogens (tertiary/aromatic N) is 2. The lowest BCUT2D eigenvalue weighted by molar-refractivity contribution is -0.119. The van der Waals surface area contributed by atoms with Crippen LogP contribution in [0.1, 0.15) is 10.4 Å². The Morgan fingerprint density at radius 1 is 1.07 bits per heavy atom. The summed E-state index contributed by atoms with van der Waals surface area (Å²) in [6.45, 7) is 0. The maximum absolute atomic E-state index is 12.7. The van der Waals surface area contributed by atoms with Crippen molar-refractivity contribution in [3.63, 3.8) is 0 Å². The Morgan fingerprint density at radius 2 is 1.75 bits per heavy atom. The lowest BCUT2D eigenvalue weighted by atomic mass is 10.1. The molecule has 1 fully saturated rings. The first-order chi connectivity index (χ1) is 13.5. The standard InChI is InChI=1S/C20H21N3O3S2/c1-22(2)20(26)28-16-10-8-15(9-11-16)21-18(24)17-12-27-13-23(17)19(25)14-6-4-3-5-7-14/h3-11,17H,12-13H2,1-2H3,(H,21,24)/t17-/m0/s1. The number of benzene rings is 2. The first-order valence-corrected chi connectivity index (χ1v) is 10.7. The Morgan fingerprint density at radius 3 is 2.39 bits per heavy atom. The second-order valence-corrected chi connectivity index (χ2v) is 8.46. The molecule has 1 aliphatic rings. The topological polar surface area (TPSA) is 69.7 Å². The van der Waals surface area contributed by atoms with Crippen LogP contribution in [0.3, 0.4) is 0 Å². The third-order valence-electron chi connectivity index (χ3n) is 4.16. The van der Waals surface area contributed by atoms with Crippen molar-refractivity contribution in [2.45, 2.75) is 10.9 Å². The molecule has 1 aliphatic heterocycles. The molecule has 1 heterocycles. The van der Waals surface area contributed by atoms with Crippen LogP contribution in [0.5, 0.6) is 0 Å². The summed E-state index contributed by atoms with van der Waals surface area (Å²) in [4.78, 5) is 41.1. The summed E-state index contributed by atoms with van der Waals surface area (Å²) in [6.07, 6.45) is 0. The summed E-state index contributed by atoms with van der Waals surface area (Å²) in [6, 6.07) is 15.6. The molecule has 0 unspecified atom stereocenters. The quantitative estimate of drug-likeness (QED) is 0.773. The number of amides is 3. The molecule has 146 valence electrons. The van der Waals surface area contributed by atoms with E-state index >= 15 is 0 Å². The van der Waals surface area contributed by atoms with Gasteiger partial charge in [-0.05, 0) is 48.2 Å². The van der Waals surface area contributed by atoms with Gasteiger partial charge in [-0.25, -0.2) is 0 Å². The number of carbonyl (C=O) groups excluding carboxylic acids is 3. The van der Waals surface area contributed by atoms with Gasteiger partial charge >= 0.3 is 0 Å². The molecular formula is C20H21N3O3S2. The molecule has 2 aromatic carbocycles. The average Bonchev–Trinajstić information content (AvgIpc) is 3.19. The Bertz CT molecular complexity index is 857. The van der Waals surface area contributed by atoms with Crippen LogP contribution in [0.15, 0.2) is 59.5 Å². The predicted molar refractivity (Wildman–Crippen MR) is 114 cm³/mol. The SMILES string of the molecule is CN(C)C(=O)Sc1ccc(NC(=O)[C@@H]2CSCN2C(=O)c2ccccc2)cc1. The van der Waals surface area contributed by atoms with Crippen molar-refractivity contribution < 1.29 is 14.4 Å². The summed E-state index contributed by atoms with van der Waals surface area (Å²) in [5.41, 5.74) is 1.21. The number of nitrogens with one attached hydrogen (secondary N) is 1. The van der Waals surface area contributed by atoms with Crippen molar-refractivity contribution in [2.24, 2.45) is 0 Å². The van der Waals surface area contributed by atoms with Gasteiger partial charge in [0.1, 0.15) is 6.04 Å². The maximum Gasteiger partial charge on any atom is 0.285 e. The summed E-state index contributed by atoms with van der Waals surface area (Å²) >= 11 is 2.69. The number of thioether (sulfide) groups is 2. The Balaban J connectivity index is 1.63. The first kappa shape index (κ1) is 20.3. The monoisotopic (exact) mass is 415 g/mol. The van der Waals surface area contributed by atoms with Crippen LogP contribution >= 0.6 is 23.5 Å². The summed E-state index contributed by atoms with van der Waals surface area (Å²) in [5.74, 6) is 0.711. The molecule has 3 rings (SSSR count). The van der Waals surface area contributed by atoms with E-state index in [0.717, 1.165) is 16.7 Å². The van der Waals surface area contributed by atoms with Crippen LogP contribution < -0.4 is 5.32 Å². The Kier molecular flexibility index (Phi) is 6.64. The summed E-state index contributed by atoms with van der Waals surface area (Å²) in [5, 5.41) is 2.81. The number of hydrogen-bond donors (Lipinski definition) is 1. The third-order valence-corrected chi connectivity index (χ3v) is 6.22. The van der Waals surface area contributed by atoms with Gasteiger partial charge in [0.05, 0.1) is 5.88 Å². The molecule has 0 radical (unpaired) electrons. The molecule has 1 saturated heterocycles. The second kappa shape index (κ2) is 9.16. The van der Waals surface area contributed by atoms with Gasteiger partial charge in [-0.3, -0.25) is 14.4 Å². The number of carbonyl (C=O) groups is 3. The molecule has 0 spiro atoms. The average molecular weight is 416 g/mol. The normalized spacial score (nSPS) is 15.9. The molecule has 0 bridgehead atoms. The van der Waals surface area contributed by atoms with Gasteiger partial charge in [0.25, 0.3) is 11.1 Å². The van der Waals surface area contributed by atoms with Crippen molar-refractivity contribution >= 4 is 46.3 Å². The van der Waals surface area contributed by atoms with Crippen LogP contribution in [0.2, 0.25) is 0 Å². The largest absolute Gasteiger partial charge is 0.339 e. The molecule has 8 heteroatoms. The van der Waals surface area contributed by atoms with Gasteiger partial charge in [-0.2, -0.15) is 0 Å². The minimum Gasteiger partial charge on any atom is -0.339 e. The van der Waals surface area contributed by atoms with Gasteiger partial charge in [-0.1, -0.05) is 18.2 Å². The first-order valence-electron chi connectivity index (χ1n) is 8.69. The van der Waals surface area contributed by atoms with Crippen LogP contribution in [0.25, 0.3) is 0 Å².